The number of allylic oxidation sites excluding steroid dienone is 2. The van der Waals surface area contributed by atoms with Crippen molar-refractivity contribution in [3.63, 3.8) is 0 Å². The van der Waals surface area contributed by atoms with Crippen LogP contribution in [-0.2, 0) is 4.79 Å². The molecule has 1 amide bonds. The van der Waals surface area contributed by atoms with Crippen LogP contribution >= 0.6 is 0 Å². The Morgan fingerprint density at radius 1 is 1.54 bits per heavy atom. The molecule has 0 spiro atoms. The molecule has 0 aromatic carbocycles. The van der Waals surface area contributed by atoms with Gasteiger partial charge >= 0.3 is 0 Å². The van der Waals surface area contributed by atoms with Crippen molar-refractivity contribution in [1.29, 1.82) is 0 Å². The number of nitrogens with two attached hydrogens (primary N) is 1. The second-order valence-electron chi connectivity index (χ2n) is 2.92. The molecule has 1 aliphatic heterocycles. The summed E-state index contributed by atoms with van der Waals surface area (Å²) in [5.41, 5.74) is 8.82. The van der Waals surface area contributed by atoms with Gasteiger partial charge in [-0.1, -0.05) is 0 Å². The van der Waals surface area contributed by atoms with Gasteiger partial charge in [-0.3, -0.25) is 10.2 Å². The molecule has 71 valence electrons. The minimum atomic E-state index is -0.167. The summed E-state index contributed by atoms with van der Waals surface area (Å²) in [6.07, 6.45) is 1.03. The van der Waals surface area contributed by atoms with E-state index < -0.39 is 0 Å². The Kier molecular flexibility index (Phi) is 3.02. The third-order valence-corrected chi connectivity index (χ3v) is 1.99. The first-order chi connectivity index (χ1) is 6.15. The molecule has 0 bridgehead atoms. The lowest BCUT2D eigenvalue weighted by Crippen LogP contribution is -2.29. The van der Waals surface area contributed by atoms with E-state index >= 15 is 0 Å². The predicted molar refractivity (Wildman–Crippen MR) is 49.5 cm³/mol. The topological polar surface area (TPSA) is 81.6 Å². The van der Waals surface area contributed by atoms with Crippen molar-refractivity contribution in [1.82, 2.24) is 10.9 Å². The molecule has 1 heterocycles. The largest absolute Gasteiger partial charge is 0.294 e. The fraction of sp³-hybridized carbons (Fsp3) is 0.500. The summed E-state index contributed by atoms with van der Waals surface area (Å²) in [7, 11) is 0. The smallest absolute Gasteiger partial charge is 0.234 e. The van der Waals surface area contributed by atoms with Gasteiger partial charge in [0.25, 0.3) is 0 Å². The molecule has 5 heteroatoms. The van der Waals surface area contributed by atoms with E-state index in [4.69, 9.17) is 5.84 Å². The molecular formula is C8H13N4O. The first-order valence-electron chi connectivity index (χ1n) is 4.10. The molecule has 3 N–H and O–H groups in total. The van der Waals surface area contributed by atoms with E-state index in [-0.39, 0.29) is 5.91 Å². The van der Waals surface area contributed by atoms with Crippen LogP contribution in [0.3, 0.4) is 0 Å². The van der Waals surface area contributed by atoms with E-state index in [2.05, 4.69) is 16.0 Å². The molecule has 1 rings (SSSR count). The molecule has 0 saturated carbocycles. The van der Waals surface area contributed by atoms with Crippen molar-refractivity contribution in [3.8, 4) is 0 Å². The number of nitrogens with zero attached hydrogens (tertiary/aromatic N) is 2. The second kappa shape index (κ2) is 4.04. The van der Waals surface area contributed by atoms with Gasteiger partial charge in [0.2, 0.25) is 5.91 Å². The van der Waals surface area contributed by atoms with Crippen LogP contribution in [0.4, 0.5) is 0 Å². The van der Waals surface area contributed by atoms with Crippen LogP contribution in [0.1, 0.15) is 26.7 Å². The normalized spacial score (nSPS) is 15.5. The third-order valence-electron chi connectivity index (χ3n) is 1.99. The van der Waals surface area contributed by atoms with Crippen molar-refractivity contribution in [2.45, 2.75) is 26.7 Å². The maximum absolute atomic E-state index is 10.9. The van der Waals surface area contributed by atoms with Crippen molar-refractivity contribution in [3.05, 3.63) is 11.3 Å². The van der Waals surface area contributed by atoms with Gasteiger partial charge in [0, 0.05) is 6.42 Å². The van der Waals surface area contributed by atoms with Gasteiger partial charge in [-0.15, -0.1) is 0 Å². The number of hydrogen-bond acceptors (Lipinski definition) is 3. The zero-order valence-electron chi connectivity index (χ0n) is 7.79. The lowest BCUT2D eigenvalue weighted by atomic mass is 10.0. The number of amides is 1. The zero-order chi connectivity index (χ0) is 9.84. The van der Waals surface area contributed by atoms with E-state index in [0.717, 1.165) is 17.0 Å². The van der Waals surface area contributed by atoms with Crippen molar-refractivity contribution in [2.75, 3.05) is 0 Å². The van der Waals surface area contributed by atoms with Gasteiger partial charge in [0.05, 0.1) is 11.4 Å². The van der Waals surface area contributed by atoms with Crippen LogP contribution in [-0.4, -0.2) is 11.6 Å². The highest BCUT2D eigenvalue weighted by Crippen LogP contribution is 2.17. The first kappa shape index (κ1) is 9.73. The van der Waals surface area contributed by atoms with Gasteiger partial charge in [-0.25, -0.2) is 5.84 Å². The van der Waals surface area contributed by atoms with Crippen LogP contribution in [0.5, 0.6) is 0 Å². The molecule has 0 aromatic rings. The summed E-state index contributed by atoms with van der Waals surface area (Å²) in [4.78, 5) is 10.9. The monoisotopic (exact) mass is 181 g/mol. The molecule has 0 aliphatic carbocycles. The number of rotatable bonds is 3. The van der Waals surface area contributed by atoms with Gasteiger partial charge in [-0.2, -0.15) is 10.5 Å². The Bertz CT molecular complexity index is 280. The van der Waals surface area contributed by atoms with Gasteiger partial charge in [0.1, 0.15) is 0 Å². The predicted octanol–water partition coefficient (Wildman–Crippen LogP) is 0.0244. The van der Waals surface area contributed by atoms with E-state index in [1.165, 1.54) is 0 Å². The molecule has 0 unspecified atom stereocenters. The lowest BCUT2D eigenvalue weighted by Gasteiger charge is -2.01. The highest BCUT2D eigenvalue weighted by Gasteiger charge is 2.14. The highest BCUT2D eigenvalue weighted by molar-refractivity contribution is 6.00. The Morgan fingerprint density at radius 2 is 2.23 bits per heavy atom. The van der Waals surface area contributed by atoms with Crippen LogP contribution in [0.2, 0.25) is 0 Å². The van der Waals surface area contributed by atoms with E-state index in [0.29, 0.717) is 12.8 Å². The molecule has 0 fully saturated rings. The number of nitrogens with one attached hydrogen (secondary N) is 1. The fourth-order valence-electron chi connectivity index (χ4n) is 1.21. The summed E-state index contributed by atoms with van der Waals surface area (Å²) in [6.45, 7) is 3.77. The average Bonchev–Trinajstić information content (AvgIpc) is 2.43. The van der Waals surface area contributed by atoms with Gasteiger partial charge in [0.15, 0.2) is 0 Å². The average molecular weight is 181 g/mol. The van der Waals surface area contributed by atoms with Crippen molar-refractivity contribution in [2.24, 2.45) is 10.9 Å². The standard InChI is InChI=1S/C8H13N4O/c1-5-7(6(2)12-11-5)3-4-8(13)10-9/h3-4,9H2,1-2H3,(H,10,13). The maximum atomic E-state index is 10.9. The molecule has 1 aliphatic rings. The highest BCUT2D eigenvalue weighted by atomic mass is 16.2. The quantitative estimate of drug-likeness (QED) is 0.365. The summed E-state index contributed by atoms with van der Waals surface area (Å²) in [6, 6.07) is 0. The molecule has 0 saturated heterocycles. The Balaban J connectivity index is 2.50. The number of carbonyl (C=O) groups excluding carboxylic acids is 1. The molecule has 0 aromatic heterocycles. The summed E-state index contributed by atoms with van der Waals surface area (Å²) < 4.78 is 0. The lowest BCUT2D eigenvalue weighted by molar-refractivity contribution is -0.121. The fourth-order valence-corrected chi connectivity index (χ4v) is 1.21. The summed E-state index contributed by atoms with van der Waals surface area (Å²) >= 11 is 0. The van der Waals surface area contributed by atoms with Gasteiger partial charge in [-0.05, 0) is 25.8 Å². The summed E-state index contributed by atoms with van der Waals surface area (Å²) in [5.74, 6) is 4.79. The SMILES string of the molecule is CC1=N[N]C(C)=C1CCC(=O)NN. The van der Waals surface area contributed by atoms with Crippen LogP contribution < -0.4 is 16.7 Å². The molecular weight excluding hydrogens is 168 g/mol. The number of hydrazine groups is 1. The minimum absolute atomic E-state index is 0.167. The minimum Gasteiger partial charge on any atom is -0.294 e. The second-order valence-corrected chi connectivity index (χ2v) is 2.92. The van der Waals surface area contributed by atoms with Crippen LogP contribution in [0.25, 0.3) is 0 Å². The third kappa shape index (κ3) is 2.29. The molecule has 1 radical (unpaired) electrons. The molecule has 13 heavy (non-hydrogen) atoms. The first-order valence-corrected chi connectivity index (χ1v) is 4.10. The number of hydrogen-bond donors (Lipinski definition) is 2. The molecule has 0 atom stereocenters. The van der Waals surface area contributed by atoms with Gasteiger partial charge < -0.3 is 0 Å². The van der Waals surface area contributed by atoms with Crippen LogP contribution in [0.15, 0.2) is 16.4 Å². The van der Waals surface area contributed by atoms with Crippen molar-refractivity contribution < 1.29 is 4.79 Å². The summed E-state index contributed by atoms with van der Waals surface area (Å²) in [5, 5.41) is 3.91. The maximum Gasteiger partial charge on any atom is 0.234 e. The van der Waals surface area contributed by atoms with Crippen LogP contribution in [0, 0.1) is 0 Å². The number of carbonyl (C=O) groups is 1. The zero-order valence-corrected chi connectivity index (χ0v) is 7.79. The Hall–Kier alpha value is -1.36. The Labute approximate surface area is 77.0 Å². The molecule has 5 nitrogen and oxygen atoms in total. The Morgan fingerprint density at radius 3 is 2.69 bits per heavy atom. The van der Waals surface area contributed by atoms with Crippen molar-refractivity contribution >= 4 is 11.6 Å². The van der Waals surface area contributed by atoms with E-state index in [1.54, 1.807) is 0 Å². The van der Waals surface area contributed by atoms with E-state index in [9.17, 15) is 4.79 Å². The van der Waals surface area contributed by atoms with E-state index in [1.807, 2.05) is 13.8 Å².